The van der Waals surface area contributed by atoms with Gasteiger partial charge < -0.3 is 14.8 Å². The van der Waals surface area contributed by atoms with Crippen LogP contribution < -0.4 is 10.6 Å². The van der Waals surface area contributed by atoms with Crippen LogP contribution in [0.25, 0.3) is 0 Å². The van der Waals surface area contributed by atoms with Crippen LogP contribution in [0, 0.1) is 13.8 Å². The van der Waals surface area contributed by atoms with Crippen LogP contribution in [0.4, 0.5) is 16.2 Å². The Morgan fingerprint density at radius 1 is 0.933 bits per heavy atom. The number of benzene rings is 2. The molecule has 2 amide bonds. The smallest absolute Gasteiger partial charge is 0.412 e. The Kier molecular flexibility index (Phi) is 7.21. The number of esters is 1. The molecule has 2 aromatic carbocycles. The Morgan fingerprint density at radius 2 is 1.57 bits per heavy atom. The molecule has 0 heterocycles. The quantitative estimate of drug-likeness (QED) is 0.686. The first-order valence-corrected chi connectivity index (χ1v) is 9.64. The predicted molar refractivity (Wildman–Crippen MR) is 116 cm³/mol. The zero-order valence-electron chi connectivity index (χ0n) is 18.2. The highest BCUT2D eigenvalue weighted by atomic mass is 16.6. The highest BCUT2D eigenvalue weighted by Gasteiger charge is 2.20. The zero-order chi connectivity index (χ0) is 22.5. The number of carbonyl (C=O) groups is 3. The number of hydrogen-bond donors (Lipinski definition) is 2. The van der Waals surface area contributed by atoms with Crippen molar-refractivity contribution < 1.29 is 23.9 Å². The van der Waals surface area contributed by atoms with Crippen molar-refractivity contribution in [3.05, 3.63) is 59.2 Å². The lowest BCUT2D eigenvalue weighted by Crippen LogP contribution is -2.30. The maximum atomic E-state index is 12.4. The Hall–Kier alpha value is -3.35. The van der Waals surface area contributed by atoms with E-state index in [0.717, 1.165) is 11.1 Å². The fourth-order valence-corrected chi connectivity index (χ4v) is 2.58. The van der Waals surface area contributed by atoms with E-state index in [1.165, 1.54) is 19.1 Å². The molecule has 2 N–H and O–H groups in total. The molecule has 0 bridgehead atoms. The monoisotopic (exact) mass is 412 g/mol. The normalized spacial score (nSPS) is 11.9. The van der Waals surface area contributed by atoms with Crippen molar-refractivity contribution in [3.8, 4) is 0 Å². The van der Waals surface area contributed by atoms with Crippen LogP contribution >= 0.6 is 0 Å². The Bertz CT molecular complexity index is 930. The first-order chi connectivity index (χ1) is 13.9. The molecule has 0 spiro atoms. The molecule has 0 radical (unpaired) electrons. The van der Waals surface area contributed by atoms with Gasteiger partial charge in [-0.25, -0.2) is 9.59 Å². The molecule has 0 aliphatic carbocycles. The van der Waals surface area contributed by atoms with Crippen LogP contribution in [-0.2, 0) is 14.3 Å². The van der Waals surface area contributed by atoms with Crippen LogP contribution in [0.3, 0.4) is 0 Å². The van der Waals surface area contributed by atoms with Crippen molar-refractivity contribution >= 4 is 29.3 Å². The van der Waals surface area contributed by atoms with Gasteiger partial charge in [-0.15, -0.1) is 0 Å². The number of nitrogens with one attached hydrogen (secondary N) is 2. The molecule has 30 heavy (non-hydrogen) atoms. The number of amides is 2. The Morgan fingerprint density at radius 3 is 2.13 bits per heavy atom. The van der Waals surface area contributed by atoms with Gasteiger partial charge in [0.05, 0.1) is 5.56 Å². The summed E-state index contributed by atoms with van der Waals surface area (Å²) in [6.07, 6.45) is -1.56. The molecule has 0 saturated heterocycles. The molecular formula is C23H28N2O5. The lowest BCUT2D eigenvalue weighted by Gasteiger charge is -2.19. The fourth-order valence-electron chi connectivity index (χ4n) is 2.58. The van der Waals surface area contributed by atoms with Gasteiger partial charge in [0.25, 0.3) is 5.91 Å². The predicted octanol–water partition coefficient (Wildman–Crippen LogP) is 4.83. The molecule has 2 aromatic rings. The lowest BCUT2D eigenvalue weighted by atomic mass is 10.1. The second-order valence-electron chi connectivity index (χ2n) is 8.06. The molecule has 160 valence electrons. The third-order valence-electron chi connectivity index (χ3n) is 4.06. The van der Waals surface area contributed by atoms with Crippen molar-refractivity contribution in [1.29, 1.82) is 0 Å². The van der Waals surface area contributed by atoms with E-state index in [0.29, 0.717) is 11.4 Å². The molecular weight excluding hydrogens is 384 g/mol. The van der Waals surface area contributed by atoms with Crippen molar-refractivity contribution in [2.75, 3.05) is 10.6 Å². The van der Waals surface area contributed by atoms with Crippen LogP contribution in [0.15, 0.2) is 42.5 Å². The molecule has 0 fully saturated rings. The van der Waals surface area contributed by atoms with E-state index < -0.39 is 29.7 Å². The lowest BCUT2D eigenvalue weighted by molar-refractivity contribution is -0.123. The summed E-state index contributed by atoms with van der Waals surface area (Å²) in [6.45, 7) is 10.7. The summed E-state index contributed by atoms with van der Waals surface area (Å²) in [7, 11) is 0. The summed E-state index contributed by atoms with van der Waals surface area (Å²) >= 11 is 0. The summed E-state index contributed by atoms with van der Waals surface area (Å²) in [4.78, 5) is 36.5. The Labute approximate surface area is 176 Å². The van der Waals surface area contributed by atoms with Gasteiger partial charge in [0.2, 0.25) is 0 Å². The van der Waals surface area contributed by atoms with Gasteiger partial charge in [-0.1, -0.05) is 17.7 Å². The molecule has 0 aliphatic heterocycles. The minimum Gasteiger partial charge on any atom is -0.449 e. The van der Waals surface area contributed by atoms with E-state index in [-0.39, 0.29) is 5.56 Å². The van der Waals surface area contributed by atoms with Gasteiger partial charge in [-0.2, -0.15) is 0 Å². The molecule has 2 rings (SSSR count). The minimum absolute atomic E-state index is 0.260. The van der Waals surface area contributed by atoms with Gasteiger partial charge >= 0.3 is 12.1 Å². The summed E-state index contributed by atoms with van der Waals surface area (Å²) in [5.74, 6) is -1.05. The molecule has 7 heteroatoms. The topological polar surface area (TPSA) is 93.7 Å². The van der Waals surface area contributed by atoms with Gasteiger partial charge in [0.15, 0.2) is 6.10 Å². The second-order valence-corrected chi connectivity index (χ2v) is 8.06. The molecule has 0 unspecified atom stereocenters. The third kappa shape index (κ3) is 6.92. The summed E-state index contributed by atoms with van der Waals surface area (Å²) < 4.78 is 10.4. The van der Waals surface area contributed by atoms with Crippen LogP contribution in [0.1, 0.15) is 49.2 Å². The van der Waals surface area contributed by atoms with Crippen LogP contribution in [-0.4, -0.2) is 29.7 Å². The average molecular weight is 412 g/mol. The number of carbonyl (C=O) groups excluding carboxylic acids is 3. The van der Waals surface area contributed by atoms with Crippen molar-refractivity contribution in [2.45, 2.75) is 53.2 Å². The first-order valence-electron chi connectivity index (χ1n) is 9.64. The van der Waals surface area contributed by atoms with E-state index in [1.54, 1.807) is 32.9 Å². The highest BCUT2D eigenvalue weighted by Crippen LogP contribution is 2.17. The Balaban J connectivity index is 1.93. The summed E-state index contributed by atoms with van der Waals surface area (Å²) in [5, 5.41) is 5.35. The summed E-state index contributed by atoms with van der Waals surface area (Å²) in [5.41, 5.74) is 2.81. The molecule has 0 aliphatic rings. The maximum Gasteiger partial charge on any atom is 0.412 e. The van der Waals surface area contributed by atoms with E-state index in [2.05, 4.69) is 10.6 Å². The number of aryl methyl sites for hydroxylation is 2. The SMILES string of the molecule is Cc1ccc(NC(=O)[C@H](C)OC(=O)c2ccc(NC(=O)OC(C)(C)C)cc2)c(C)c1. The largest absolute Gasteiger partial charge is 0.449 e. The standard InChI is InChI=1S/C23H28N2O5/c1-14-7-12-19(15(2)13-14)25-20(26)16(3)29-21(27)17-8-10-18(11-9-17)24-22(28)30-23(4,5)6/h7-13,16H,1-6H3,(H,24,28)(H,25,26)/t16-/m0/s1. The number of anilines is 2. The van der Waals surface area contributed by atoms with Gasteiger partial charge in [-0.05, 0) is 77.4 Å². The van der Waals surface area contributed by atoms with Gasteiger partial charge in [0.1, 0.15) is 5.60 Å². The van der Waals surface area contributed by atoms with Gasteiger partial charge in [-0.3, -0.25) is 10.1 Å². The van der Waals surface area contributed by atoms with E-state index in [9.17, 15) is 14.4 Å². The first kappa shape index (κ1) is 22.9. The molecule has 0 aromatic heterocycles. The van der Waals surface area contributed by atoms with E-state index >= 15 is 0 Å². The van der Waals surface area contributed by atoms with Crippen LogP contribution in [0.2, 0.25) is 0 Å². The maximum absolute atomic E-state index is 12.4. The molecule has 1 atom stereocenters. The van der Waals surface area contributed by atoms with Crippen molar-refractivity contribution in [2.24, 2.45) is 0 Å². The zero-order valence-corrected chi connectivity index (χ0v) is 18.2. The number of hydrogen-bond acceptors (Lipinski definition) is 5. The van der Waals surface area contributed by atoms with Crippen molar-refractivity contribution in [1.82, 2.24) is 0 Å². The number of ether oxygens (including phenoxy) is 2. The van der Waals surface area contributed by atoms with Crippen molar-refractivity contribution in [3.63, 3.8) is 0 Å². The van der Waals surface area contributed by atoms with Gasteiger partial charge in [0, 0.05) is 11.4 Å². The fraction of sp³-hybridized carbons (Fsp3) is 0.348. The molecule has 0 saturated carbocycles. The third-order valence-corrected chi connectivity index (χ3v) is 4.06. The highest BCUT2D eigenvalue weighted by molar-refractivity contribution is 5.98. The average Bonchev–Trinajstić information content (AvgIpc) is 2.62. The second kappa shape index (κ2) is 9.43. The van der Waals surface area contributed by atoms with E-state index in [1.807, 2.05) is 32.0 Å². The minimum atomic E-state index is -0.974. The summed E-state index contributed by atoms with van der Waals surface area (Å²) in [6, 6.07) is 11.8. The molecule has 7 nitrogen and oxygen atoms in total. The van der Waals surface area contributed by atoms with E-state index in [4.69, 9.17) is 9.47 Å². The number of rotatable bonds is 5. The van der Waals surface area contributed by atoms with Crippen LogP contribution in [0.5, 0.6) is 0 Å².